The highest BCUT2D eigenvalue weighted by atomic mass is 35.5. The number of ether oxygens (including phenoxy) is 1. The molecule has 3 unspecified atom stereocenters. The van der Waals surface area contributed by atoms with Crippen molar-refractivity contribution in [1.29, 1.82) is 0 Å². The number of aromatic nitrogens is 5. The van der Waals surface area contributed by atoms with Crippen LogP contribution < -0.4 is 5.73 Å². The Bertz CT molecular complexity index is 1390. The van der Waals surface area contributed by atoms with Crippen LogP contribution in [0.5, 0.6) is 0 Å². The van der Waals surface area contributed by atoms with Crippen LogP contribution in [0.25, 0.3) is 33.5 Å². The molecule has 1 saturated heterocycles. The lowest BCUT2D eigenvalue weighted by Crippen LogP contribution is -2.30. The molecule has 1 aromatic carbocycles. The van der Waals surface area contributed by atoms with Gasteiger partial charge in [0.05, 0.1) is 28.3 Å². The van der Waals surface area contributed by atoms with Gasteiger partial charge in [-0.2, -0.15) is 5.10 Å². The van der Waals surface area contributed by atoms with Crippen LogP contribution in [-0.4, -0.2) is 37.2 Å². The molecule has 4 aromatic rings. The molecule has 8 nitrogen and oxygen atoms in total. The van der Waals surface area contributed by atoms with Gasteiger partial charge in [0.15, 0.2) is 0 Å². The summed E-state index contributed by atoms with van der Waals surface area (Å²) in [6, 6.07) is 11.6. The second-order valence-electron chi connectivity index (χ2n) is 8.40. The molecular weight excluding hydrogens is 428 g/mol. The van der Waals surface area contributed by atoms with Gasteiger partial charge in [-0.3, -0.25) is 9.48 Å². The third-order valence-corrected chi connectivity index (χ3v) is 6.82. The summed E-state index contributed by atoms with van der Waals surface area (Å²) in [6.07, 6.45) is 3.53. The van der Waals surface area contributed by atoms with Crippen molar-refractivity contribution in [3.05, 3.63) is 59.6 Å². The van der Waals surface area contributed by atoms with Crippen molar-refractivity contribution in [3.63, 3.8) is 0 Å². The SMILES string of the molecule is Cn1cc(-c2ncnc3cc(Cl)c(C4OCC5CC54C(N)=O)nc23)c(-c2ccccc2)n1. The molecule has 0 spiro atoms. The highest BCUT2D eigenvalue weighted by Crippen LogP contribution is 2.66. The van der Waals surface area contributed by atoms with Crippen LogP contribution in [0.1, 0.15) is 18.2 Å². The molecule has 3 aromatic heterocycles. The van der Waals surface area contributed by atoms with Gasteiger partial charge in [-0.05, 0) is 12.5 Å². The van der Waals surface area contributed by atoms with Crippen LogP contribution in [0.4, 0.5) is 0 Å². The Morgan fingerprint density at radius 1 is 1.25 bits per heavy atom. The van der Waals surface area contributed by atoms with E-state index in [2.05, 4.69) is 15.1 Å². The number of carbonyl (C=O) groups is 1. The van der Waals surface area contributed by atoms with E-state index >= 15 is 0 Å². The largest absolute Gasteiger partial charge is 0.370 e. The summed E-state index contributed by atoms with van der Waals surface area (Å²) < 4.78 is 7.68. The Kier molecular flexibility index (Phi) is 4.12. The molecule has 2 fully saturated rings. The number of aryl methyl sites for hydroxylation is 1. The van der Waals surface area contributed by atoms with Crippen molar-refractivity contribution in [1.82, 2.24) is 24.7 Å². The third-order valence-electron chi connectivity index (χ3n) is 6.51. The Morgan fingerprint density at radius 2 is 2.06 bits per heavy atom. The highest BCUT2D eigenvalue weighted by molar-refractivity contribution is 6.32. The zero-order chi connectivity index (χ0) is 22.0. The molecule has 3 atom stereocenters. The van der Waals surface area contributed by atoms with Gasteiger partial charge in [-0.25, -0.2) is 15.0 Å². The first-order valence-corrected chi connectivity index (χ1v) is 10.7. The molecular formula is C23H19ClN6O2. The van der Waals surface area contributed by atoms with E-state index < -0.39 is 11.5 Å². The van der Waals surface area contributed by atoms with E-state index in [-0.39, 0.29) is 11.8 Å². The van der Waals surface area contributed by atoms with E-state index in [4.69, 9.17) is 27.1 Å². The average molecular weight is 447 g/mol. The van der Waals surface area contributed by atoms with Gasteiger partial charge in [0.25, 0.3) is 0 Å². The summed E-state index contributed by atoms with van der Waals surface area (Å²) in [5, 5.41) is 5.05. The van der Waals surface area contributed by atoms with E-state index in [9.17, 15) is 4.79 Å². The molecule has 0 bridgehead atoms. The predicted molar refractivity (Wildman–Crippen MR) is 118 cm³/mol. The summed E-state index contributed by atoms with van der Waals surface area (Å²) in [5.74, 6) is -0.251. The zero-order valence-corrected chi connectivity index (χ0v) is 18.0. The summed E-state index contributed by atoms with van der Waals surface area (Å²) in [7, 11) is 1.87. The number of primary amides is 1. The fourth-order valence-corrected chi connectivity index (χ4v) is 5.07. The minimum absolute atomic E-state index is 0.119. The average Bonchev–Trinajstić information content (AvgIpc) is 3.22. The standard InChI is InChI=1S/C23H19ClN6O2/c1-30-9-14(17(29-30)12-5-3-2-4-6-12)18-20-16(26-11-27-18)7-15(24)19(28-20)21-23(22(25)31)8-13(23)10-32-21/h2-7,9,11,13,21H,8,10H2,1H3,(H2,25,31). The van der Waals surface area contributed by atoms with E-state index in [1.54, 1.807) is 10.7 Å². The highest BCUT2D eigenvalue weighted by Gasteiger charge is 2.69. The first-order valence-electron chi connectivity index (χ1n) is 10.3. The van der Waals surface area contributed by atoms with Crippen molar-refractivity contribution < 1.29 is 9.53 Å². The van der Waals surface area contributed by atoms with E-state index in [1.807, 2.05) is 43.6 Å². The lowest BCUT2D eigenvalue weighted by Gasteiger charge is -2.21. The van der Waals surface area contributed by atoms with Crippen LogP contribution in [0, 0.1) is 11.3 Å². The van der Waals surface area contributed by atoms with Crippen LogP contribution in [0.3, 0.4) is 0 Å². The summed E-state index contributed by atoms with van der Waals surface area (Å²) in [6.45, 7) is 0.475. The zero-order valence-electron chi connectivity index (χ0n) is 17.2. The van der Waals surface area contributed by atoms with Gasteiger partial charge in [0.1, 0.15) is 29.3 Å². The molecule has 1 saturated carbocycles. The second kappa shape index (κ2) is 6.82. The maximum atomic E-state index is 12.3. The summed E-state index contributed by atoms with van der Waals surface area (Å²) in [5.41, 5.74) is 9.91. The van der Waals surface area contributed by atoms with Gasteiger partial charge < -0.3 is 10.5 Å². The number of amides is 1. The fraction of sp³-hybridized carbons (Fsp3) is 0.261. The predicted octanol–water partition coefficient (Wildman–Crippen LogP) is 3.31. The molecule has 1 aliphatic carbocycles. The van der Waals surface area contributed by atoms with E-state index in [1.165, 1.54) is 6.33 Å². The van der Waals surface area contributed by atoms with Crippen molar-refractivity contribution >= 4 is 28.5 Å². The Hall–Kier alpha value is -3.36. The molecule has 6 rings (SSSR count). The lowest BCUT2D eigenvalue weighted by atomic mass is 9.94. The van der Waals surface area contributed by atoms with Gasteiger partial charge >= 0.3 is 0 Å². The second-order valence-corrected chi connectivity index (χ2v) is 8.80. The maximum Gasteiger partial charge on any atom is 0.227 e. The number of carbonyl (C=O) groups excluding carboxylic acids is 1. The van der Waals surface area contributed by atoms with Crippen LogP contribution in [0.15, 0.2) is 48.9 Å². The van der Waals surface area contributed by atoms with Gasteiger partial charge in [-0.15, -0.1) is 0 Å². The van der Waals surface area contributed by atoms with E-state index in [0.29, 0.717) is 40.5 Å². The Balaban J connectivity index is 1.55. The van der Waals surface area contributed by atoms with Gasteiger partial charge in [-0.1, -0.05) is 41.9 Å². The number of fused-ring (bicyclic) bond motifs is 2. The summed E-state index contributed by atoms with van der Waals surface area (Å²) in [4.78, 5) is 26.0. The Labute approximate surface area is 188 Å². The number of nitrogens with two attached hydrogens (primary N) is 1. The minimum atomic E-state index is -0.733. The number of benzene rings is 1. The minimum Gasteiger partial charge on any atom is -0.370 e. The number of pyridine rings is 1. The molecule has 1 aliphatic heterocycles. The quantitative estimate of drug-likeness (QED) is 0.515. The van der Waals surface area contributed by atoms with Gasteiger partial charge in [0, 0.05) is 30.3 Å². The van der Waals surface area contributed by atoms with Gasteiger partial charge in [0.2, 0.25) is 5.91 Å². The maximum absolute atomic E-state index is 12.3. The number of halogens is 1. The van der Waals surface area contributed by atoms with E-state index in [0.717, 1.165) is 16.8 Å². The first kappa shape index (κ1) is 19.3. The normalized spacial score (nSPS) is 23.9. The molecule has 4 heterocycles. The first-order chi connectivity index (χ1) is 15.5. The molecule has 1 amide bonds. The number of hydrogen-bond acceptors (Lipinski definition) is 6. The van der Waals surface area contributed by atoms with Crippen LogP contribution in [-0.2, 0) is 16.6 Å². The van der Waals surface area contributed by atoms with Crippen LogP contribution >= 0.6 is 11.6 Å². The monoisotopic (exact) mass is 446 g/mol. The molecule has 2 N–H and O–H groups in total. The molecule has 2 aliphatic rings. The fourth-order valence-electron chi connectivity index (χ4n) is 4.82. The number of hydrogen-bond donors (Lipinski definition) is 1. The topological polar surface area (TPSA) is 109 Å². The van der Waals surface area contributed by atoms with Crippen molar-refractivity contribution in [2.75, 3.05) is 6.61 Å². The van der Waals surface area contributed by atoms with Crippen molar-refractivity contribution in [2.45, 2.75) is 12.5 Å². The van der Waals surface area contributed by atoms with Crippen LogP contribution in [0.2, 0.25) is 5.02 Å². The number of nitrogens with zero attached hydrogens (tertiary/aromatic N) is 5. The van der Waals surface area contributed by atoms with Crippen molar-refractivity contribution in [3.8, 4) is 22.5 Å². The molecule has 9 heteroatoms. The number of rotatable bonds is 4. The Morgan fingerprint density at radius 3 is 2.81 bits per heavy atom. The summed E-state index contributed by atoms with van der Waals surface area (Å²) >= 11 is 6.59. The molecule has 160 valence electrons. The molecule has 0 radical (unpaired) electrons. The molecule has 32 heavy (non-hydrogen) atoms. The lowest BCUT2D eigenvalue weighted by molar-refractivity contribution is -0.126. The third kappa shape index (κ3) is 2.69. The smallest absolute Gasteiger partial charge is 0.227 e. The van der Waals surface area contributed by atoms with Crippen molar-refractivity contribution in [2.24, 2.45) is 24.1 Å².